The van der Waals surface area contributed by atoms with E-state index in [0.717, 1.165) is 29.9 Å². The lowest BCUT2D eigenvalue weighted by Gasteiger charge is -2.25. The van der Waals surface area contributed by atoms with Crippen LogP contribution in [0.2, 0.25) is 0 Å². The first kappa shape index (κ1) is 20.8. The van der Waals surface area contributed by atoms with Gasteiger partial charge in [-0.05, 0) is 20.8 Å². The van der Waals surface area contributed by atoms with Gasteiger partial charge >= 0.3 is 6.03 Å². The third kappa shape index (κ3) is 5.23. The molecule has 1 heterocycles. The van der Waals surface area contributed by atoms with E-state index < -0.39 is 0 Å². The molecule has 2 aromatic rings. The second-order valence-electron chi connectivity index (χ2n) is 6.10. The normalized spacial score (nSPS) is 10.7. The molecule has 7 heteroatoms. The molecule has 1 N–H and O–H groups in total. The Balaban J connectivity index is 2.43. The Morgan fingerprint density at radius 3 is 2.48 bits per heavy atom. The molecule has 0 spiro atoms. The number of amides is 2. The van der Waals surface area contributed by atoms with E-state index in [1.165, 1.54) is 0 Å². The van der Waals surface area contributed by atoms with Crippen molar-refractivity contribution < 1.29 is 14.1 Å². The molecular weight excluding hydrogens is 344 g/mol. The molecule has 27 heavy (non-hydrogen) atoms. The topological polar surface area (TPSA) is 70.8 Å². The summed E-state index contributed by atoms with van der Waals surface area (Å²) >= 11 is 0. The van der Waals surface area contributed by atoms with E-state index in [4.69, 9.17) is 9.26 Å². The Hall–Kier alpha value is -2.54. The molecule has 2 amide bonds. The molecule has 0 bridgehead atoms. The molecule has 0 aliphatic carbocycles. The van der Waals surface area contributed by atoms with Gasteiger partial charge in [0.05, 0.1) is 18.7 Å². The zero-order valence-electron chi connectivity index (χ0n) is 16.7. The summed E-state index contributed by atoms with van der Waals surface area (Å²) in [6.07, 6.45) is 0. The minimum absolute atomic E-state index is 0.125. The minimum atomic E-state index is -0.125. The average Bonchev–Trinajstić information content (AvgIpc) is 3.10. The van der Waals surface area contributed by atoms with Crippen molar-refractivity contribution in [1.29, 1.82) is 0 Å². The van der Waals surface area contributed by atoms with Crippen LogP contribution in [0, 0.1) is 0 Å². The van der Waals surface area contributed by atoms with Gasteiger partial charge in [0, 0.05) is 38.9 Å². The Morgan fingerprint density at radius 2 is 1.89 bits per heavy atom. The molecule has 0 unspecified atom stereocenters. The molecule has 7 nitrogen and oxygen atoms in total. The van der Waals surface area contributed by atoms with E-state index in [1.54, 1.807) is 12.0 Å². The van der Waals surface area contributed by atoms with Crippen molar-refractivity contribution in [2.45, 2.75) is 27.3 Å². The maximum Gasteiger partial charge on any atom is 0.317 e. The van der Waals surface area contributed by atoms with Crippen LogP contribution in [0.3, 0.4) is 0 Å². The summed E-state index contributed by atoms with van der Waals surface area (Å²) in [4.78, 5) is 16.4. The molecule has 0 saturated heterocycles. The molecule has 0 radical (unpaired) electrons. The smallest absolute Gasteiger partial charge is 0.317 e. The Morgan fingerprint density at radius 1 is 1.19 bits per heavy atom. The van der Waals surface area contributed by atoms with Gasteiger partial charge in [-0.15, -0.1) is 0 Å². The van der Waals surface area contributed by atoms with Crippen molar-refractivity contribution in [2.75, 3.05) is 44.8 Å². The number of hydrogen-bond acceptors (Lipinski definition) is 5. The predicted molar refractivity (Wildman–Crippen MR) is 107 cm³/mol. The highest BCUT2D eigenvalue weighted by Crippen LogP contribution is 2.32. The number of ether oxygens (including phenoxy) is 1. The summed E-state index contributed by atoms with van der Waals surface area (Å²) < 4.78 is 10.9. The molecule has 0 aliphatic heterocycles. The summed E-state index contributed by atoms with van der Waals surface area (Å²) in [7, 11) is 1.63. The molecule has 148 valence electrons. The standard InChI is InChI=1S/C20H30N4O3/c1-5-21-20(25)24(13-14-26-4)15-17-18(16-11-9-8-10-12-16)22-27-19(17)23(6-2)7-3/h8-12H,5-7,13-15H2,1-4H3,(H,21,25). The quantitative estimate of drug-likeness (QED) is 0.690. The first-order valence-electron chi connectivity index (χ1n) is 9.46. The van der Waals surface area contributed by atoms with Crippen molar-refractivity contribution in [2.24, 2.45) is 0 Å². The van der Waals surface area contributed by atoms with Gasteiger partial charge in [0.1, 0.15) is 5.69 Å². The van der Waals surface area contributed by atoms with Gasteiger partial charge in [-0.2, -0.15) is 0 Å². The number of rotatable bonds is 10. The molecule has 0 aliphatic rings. The van der Waals surface area contributed by atoms with E-state index in [9.17, 15) is 4.79 Å². The van der Waals surface area contributed by atoms with Crippen LogP contribution in [0.1, 0.15) is 26.3 Å². The largest absolute Gasteiger partial charge is 0.383 e. The number of carbonyl (C=O) groups excluding carboxylic acids is 1. The highest BCUT2D eigenvalue weighted by molar-refractivity contribution is 5.75. The first-order chi connectivity index (χ1) is 13.2. The number of hydrogen-bond donors (Lipinski definition) is 1. The zero-order chi connectivity index (χ0) is 19.6. The SMILES string of the molecule is CCNC(=O)N(CCOC)Cc1c(-c2ccccc2)noc1N(CC)CC. The van der Waals surface area contributed by atoms with Crippen LogP contribution in [-0.4, -0.2) is 56.0 Å². The number of anilines is 1. The fourth-order valence-electron chi connectivity index (χ4n) is 2.93. The minimum Gasteiger partial charge on any atom is -0.383 e. The Bertz CT molecular complexity index is 699. The highest BCUT2D eigenvalue weighted by atomic mass is 16.5. The zero-order valence-corrected chi connectivity index (χ0v) is 16.7. The van der Waals surface area contributed by atoms with Gasteiger partial charge in [-0.25, -0.2) is 4.79 Å². The fourth-order valence-corrected chi connectivity index (χ4v) is 2.93. The van der Waals surface area contributed by atoms with Crippen molar-refractivity contribution >= 4 is 11.9 Å². The summed E-state index contributed by atoms with van der Waals surface area (Å²) in [6, 6.07) is 9.78. The van der Waals surface area contributed by atoms with E-state index in [0.29, 0.717) is 32.1 Å². The molecule has 1 aromatic heterocycles. The van der Waals surface area contributed by atoms with Crippen LogP contribution in [0.15, 0.2) is 34.9 Å². The summed E-state index contributed by atoms with van der Waals surface area (Å²) in [5.41, 5.74) is 2.65. The van der Waals surface area contributed by atoms with Gasteiger partial charge in [-0.3, -0.25) is 0 Å². The Labute approximate surface area is 161 Å². The lowest BCUT2D eigenvalue weighted by atomic mass is 10.1. The number of aromatic nitrogens is 1. The van der Waals surface area contributed by atoms with Crippen LogP contribution in [0.4, 0.5) is 10.7 Å². The Kier molecular flexibility index (Phi) is 8.13. The lowest BCUT2D eigenvalue weighted by molar-refractivity contribution is 0.147. The fraction of sp³-hybridized carbons (Fsp3) is 0.500. The van der Waals surface area contributed by atoms with E-state index >= 15 is 0 Å². The second-order valence-corrected chi connectivity index (χ2v) is 6.10. The molecule has 0 atom stereocenters. The van der Waals surface area contributed by atoms with Crippen LogP contribution in [-0.2, 0) is 11.3 Å². The van der Waals surface area contributed by atoms with Crippen LogP contribution in [0.5, 0.6) is 0 Å². The van der Waals surface area contributed by atoms with Crippen molar-refractivity contribution in [3.8, 4) is 11.3 Å². The molecule has 2 rings (SSSR count). The van der Waals surface area contributed by atoms with Crippen molar-refractivity contribution in [1.82, 2.24) is 15.4 Å². The van der Waals surface area contributed by atoms with Crippen molar-refractivity contribution in [3.63, 3.8) is 0 Å². The third-order valence-corrected chi connectivity index (χ3v) is 4.39. The first-order valence-corrected chi connectivity index (χ1v) is 9.46. The highest BCUT2D eigenvalue weighted by Gasteiger charge is 2.25. The summed E-state index contributed by atoms with van der Waals surface area (Å²) in [5, 5.41) is 7.21. The maximum absolute atomic E-state index is 12.5. The predicted octanol–water partition coefficient (Wildman–Crippen LogP) is 3.37. The summed E-state index contributed by atoms with van der Waals surface area (Å²) in [6.45, 7) is 9.56. The lowest BCUT2D eigenvalue weighted by Crippen LogP contribution is -2.41. The number of benzene rings is 1. The number of carbonyl (C=O) groups is 1. The monoisotopic (exact) mass is 374 g/mol. The van der Waals surface area contributed by atoms with Gasteiger partial charge in [0.25, 0.3) is 0 Å². The van der Waals surface area contributed by atoms with Gasteiger partial charge < -0.3 is 24.4 Å². The third-order valence-electron chi connectivity index (χ3n) is 4.39. The molecule has 1 aromatic carbocycles. The number of nitrogens with one attached hydrogen (secondary N) is 1. The average molecular weight is 374 g/mol. The summed E-state index contributed by atoms with van der Waals surface area (Å²) in [5.74, 6) is 0.713. The van der Waals surface area contributed by atoms with Crippen LogP contribution >= 0.6 is 0 Å². The van der Waals surface area contributed by atoms with Crippen molar-refractivity contribution in [3.05, 3.63) is 35.9 Å². The van der Waals surface area contributed by atoms with Crippen LogP contribution in [0.25, 0.3) is 11.3 Å². The second kappa shape index (κ2) is 10.6. The molecular formula is C20H30N4O3. The molecule has 0 saturated carbocycles. The van der Waals surface area contributed by atoms with E-state index in [2.05, 4.69) is 29.2 Å². The number of nitrogens with zero attached hydrogens (tertiary/aromatic N) is 3. The molecule has 0 fully saturated rings. The maximum atomic E-state index is 12.5. The van der Waals surface area contributed by atoms with E-state index in [1.807, 2.05) is 37.3 Å². The van der Waals surface area contributed by atoms with E-state index in [-0.39, 0.29) is 6.03 Å². The van der Waals surface area contributed by atoms with Gasteiger partial charge in [0.2, 0.25) is 5.88 Å². The number of methoxy groups -OCH3 is 1. The number of urea groups is 1. The van der Waals surface area contributed by atoms with Gasteiger partial charge in [0.15, 0.2) is 0 Å². The van der Waals surface area contributed by atoms with Crippen LogP contribution < -0.4 is 10.2 Å². The van der Waals surface area contributed by atoms with Gasteiger partial charge in [-0.1, -0.05) is 35.5 Å².